The lowest BCUT2D eigenvalue weighted by atomic mass is 9.90. The number of rotatable bonds is 8. The lowest BCUT2D eigenvalue weighted by Crippen LogP contribution is -2.10. The number of methoxy groups -OCH3 is 2. The molecule has 0 aliphatic heterocycles. The van der Waals surface area contributed by atoms with E-state index in [9.17, 15) is 4.79 Å². The molecule has 0 radical (unpaired) electrons. The van der Waals surface area contributed by atoms with Crippen LogP contribution in [-0.4, -0.2) is 58.0 Å². The molecular formula is C25H32N2O3. The molecule has 0 atom stereocenters. The van der Waals surface area contributed by atoms with Gasteiger partial charge in [-0.3, -0.25) is 4.79 Å². The van der Waals surface area contributed by atoms with E-state index >= 15 is 0 Å². The molecule has 0 unspecified atom stereocenters. The van der Waals surface area contributed by atoms with Gasteiger partial charge in [0.25, 0.3) is 0 Å². The van der Waals surface area contributed by atoms with E-state index in [2.05, 4.69) is 0 Å². The minimum absolute atomic E-state index is 0.0386. The smallest absolute Gasteiger partial charge is 0.194 e. The fourth-order valence-corrected chi connectivity index (χ4v) is 3.28. The van der Waals surface area contributed by atoms with E-state index in [1.165, 1.54) is 0 Å². The van der Waals surface area contributed by atoms with E-state index in [0.717, 1.165) is 33.8 Å². The SMILES string of the molecule is COc1ccc(C(=O)c2ccc(OC)c(C)c2C=CN(C)C)c(C=CN(C)C)c1C. The number of hydrogen-bond acceptors (Lipinski definition) is 5. The van der Waals surface area contributed by atoms with Crippen LogP contribution in [0.3, 0.4) is 0 Å². The van der Waals surface area contributed by atoms with Crippen LogP contribution in [0, 0.1) is 13.8 Å². The topological polar surface area (TPSA) is 42.0 Å². The summed E-state index contributed by atoms with van der Waals surface area (Å²) in [6, 6.07) is 7.37. The van der Waals surface area contributed by atoms with Gasteiger partial charge in [-0.1, -0.05) is 0 Å². The second-order valence-electron chi connectivity index (χ2n) is 7.60. The van der Waals surface area contributed by atoms with Crippen LogP contribution in [0.25, 0.3) is 12.2 Å². The maximum atomic E-state index is 13.7. The van der Waals surface area contributed by atoms with E-state index in [1.54, 1.807) is 14.2 Å². The molecule has 0 saturated carbocycles. The van der Waals surface area contributed by atoms with Gasteiger partial charge in [-0.15, -0.1) is 0 Å². The molecule has 0 amide bonds. The number of nitrogens with zero attached hydrogens (tertiary/aromatic N) is 2. The lowest BCUT2D eigenvalue weighted by molar-refractivity contribution is 0.103. The summed E-state index contributed by atoms with van der Waals surface area (Å²) in [7, 11) is 11.1. The number of hydrogen-bond donors (Lipinski definition) is 0. The molecule has 30 heavy (non-hydrogen) atoms. The van der Waals surface area contributed by atoms with Gasteiger partial charge in [0.15, 0.2) is 5.78 Å². The summed E-state index contributed by atoms with van der Waals surface area (Å²) in [5.74, 6) is 1.47. The van der Waals surface area contributed by atoms with Gasteiger partial charge in [-0.25, -0.2) is 0 Å². The van der Waals surface area contributed by atoms with E-state index in [4.69, 9.17) is 9.47 Å². The quantitative estimate of drug-likeness (QED) is 0.597. The second kappa shape index (κ2) is 10.0. The zero-order chi connectivity index (χ0) is 22.4. The van der Waals surface area contributed by atoms with Crippen molar-refractivity contribution in [2.24, 2.45) is 0 Å². The Morgan fingerprint density at radius 3 is 1.40 bits per heavy atom. The van der Waals surface area contributed by atoms with Gasteiger partial charge >= 0.3 is 0 Å². The van der Waals surface area contributed by atoms with Crippen molar-refractivity contribution in [1.29, 1.82) is 0 Å². The summed E-state index contributed by atoms with van der Waals surface area (Å²) in [6.45, 7) is 3.94. The van der Waals surface area contributed by atoms with Crippen LogP contribution < -0.4 is 9.47 Å². The second-order valence-corrected chi connectivity index (χ2v) is 7.60. The van der Waals surface area contributed by atoms with E-state index < -0.39 is 0 Å². The highest BCUT2D eigenvalue weighted by Crippen LogP contribution is 2.31. The third-order valence-electron chi connectivity index (χ3n) is 4.94. The number of ketones is 1. The number of benzene rings is 2. The molecule has 0 aliphatic carbocycles. The Labute approximate surface area is 180 Å². The molecule has 0 spiro atoms. The first-order valence-corrected chi connectivity index (χ1v) is 9.80. The maximum absolute atomic E-state index is 13.7. The molecule has 0 saturated heterocycles. The van der Waals surface area contributed by atoms with Crippen molar-refractivity contribution in [3.8, 4) is 11.5 Å². The minimum atomic E-state index is -0.0386. The first-order valence-electron chi connectivity index (χ1n) is 9.80. The summed E-state index contributed by atoms with van der Waals surface area (Å²) in [4.78, 5) is 17.6. The highest BCUT2D eigenvalue weighted by Gasteiger charge is 2.20. The van der Waals surface area contributed by atoms with Crippen LogP contribution in [0.5, 0.6) is 11.5 Å². The molecule has 5 heteroatoms. The first-order chi connectivity index (χ1) is 14.2. The highest BCUT2D eigenvalue weighted by molar-refractivity contribution is 6.13. The van der Waals surface area contributed by atoms with Crippen LogP contribution in [0.1, 0.15) is 38.2 Å². The Morgan fingerprint density at radius 1 is 0.733 bits per heavy atom. The normalized spacial score (nSPS) is 11.2. The van der Waals surface area contributed by atoms with E-state index in [0.29, 0.717) is 11.1 Å². The first kappa shape index (κ1) is 23.1. The molecule has 0 aliphatic rings. The highest BCUT2D eigenvalue weighted by atomic mass is 16.5. The fourth-order valence-electron chi connectivity index (χ4n) is 3.28. The van der Waals surface area contributed by atoms with Crippen LogP contribution in [0.2, 0.25) is 0 Å². The Kier molecular flexibility index (Phi) is 7.70. The zero-order valence-corrected chi connectivity index (χ0v) is 19.2. The van der Waals surface area contributed by atoms with Gasteiger partial charge < -0.3 is 19.3 Å². The van der Waals surface area contributed by atoms with Gasteiger partial charge in [0.1, 0.15) is 11.5 Å². The molecule has 0 N–H and O–H groups in total. The third-order valence-corrected chi connectivity index (χ3v) is 4.94. The molecule has 2 rings (SSSR count). The molecule has 0 bridgehead atoms. The third kappa shape index (κ3) is 5.03. The summed E-state index contributed by atoms with van der Waals surface area (Å²) in [6.07, 6.45) is 7.78. The lowest BCUT2D eigenvalue weighted by Gasteiger charge is -2.17. The largest absolute Gasteiger partial charge is 0.496 e. The van der Waals surface area contributed by atoms with Crippen molar-refractivity contribution in [3.05, 3.63) is 70.0 Å². The van der Waals surface area contributed by atoms with E-state index in [1.807, 2.05) is 101 Å². The Morgan fingerprint density at radius 2 is 1.10 bits per heavy atom. The minimum Gasteiger partial charge on any atom is -0.496 e. The Bertz CT molecular complexity index is 895. The van der Waals surface area contributed by atoms with Gasteiger partial charge in [0.2, 0.25) is 0 Å². The van der Waals surface area contributed by atoms with Gasteiger partial charge in [-0.05, 0) is 84.9 Å². The molecular weight excluding hydrogens is 376 g/mol. The Balaban J connectivity index is 2.71. The molecule has 0 aromatic heterocycles. The van der Waals surface area contributed by atoms with Crippen molar-refractivity contribution >= 4 is 17.9 Å². The van der Waals surface area contributed by atoms with E-state index in [-0.39, 0.29) is 5.78 Å². The predicted molar refractivity (Wildman–Crippen MR) is 124 cm³/mol. The maximum Gasteiger partial charge on any atom is 0.194 e. The van der Waals surface area contributed by atoms with Crippen LogP contribution in [0.15, 0.2) is 36.7 Å². The monoisotopic (exact) mass is 408 g/mol. The van der Waals surface area contributed by atoms with Crippen LogP contribution >= 0.6 is 0 Å². The van der Waals surface area contributed by atoms with Gasteiger partial charge in [-0.2, -0.15) is 0 Å². The number of carbonyl (C=O) groups excluding carboxylic acids is 1. The summed E-state index contributed by atoms with van der Waals surface area (Å²) in [5, 5.41) is 0. The molecule has 2 aromatic rings. The number of carbonyl (C=O) groups is 1. The van der Waals surface area contributed by atoms with Gasteiger partial charge in [0.05, 0.1) is 14.2 Å². The zero-order valence-electron chi connectivity index (χ0n) is 19.2. The molecule has 2 aromatic carbocycles. The average molecular weight is 409 g/mol. The van der Waals surface area contributed by atoms with Crippen molar-refractivity contribution in [2.45, 2.75) is 13.8 Å². The molecule has 0 fully saturated rings. The fraction of sp³-hybridized carbons (Fsp3) is 0.320. The number of ether oxygens (including phenoxy) is 2. The van der Waals surface area contributed by atoms with Crippen molar-refractivity contribution < 1.29 is 14.3 Å². The van der Waals surface area contributed by atoms with Crippen molar-refractivity contribution in [2.75, 3.05) is 42.4 Å². The van der Waals surface area contributed by atoms with Crippen molar-refractivity contribution in [1.82, 2.24) is 9.80 Å². The van der Waals surface area contributed by atoms with Crippen LogP contribution in [0.4, 0.5) is 0 Å². The van der Waals surface area contributed by atoms with Crippen LogP contribution in [-0.2, 0) is 0 Å². The van der Waals surface area contributed by atoms with Gasteiger partial charge in [0, 0.05) is 39.3 Å². The molecule has 160 valence electrons. The summed E-state index contributed by atoms with van der Waals surface area (Å²) in [5.41, 5.74) is 4.83. The summed E-state index contributed by atoms with van der Waals surface area (Å²) < 4.78 is 11.0. The predicted octanol–water partition coefficient (Wildman–Crippen LogP) is 4.62. The Hall–Kier alpha value is -3.21. The molecule has 0 heterocycles. The van der Waals surface area contributed by atoms with Crippen molar-refractivity contribution in [3.63, 3.8) is 0 Å². The summed E-state index contributed by atoms with van der Waals surface area (Å²) >= 11 is 0. The standard InChI is InChI=1S/C25H32N2O3/c1-17-19(13-15-26(3)4)21(9-11-23(17)29-7)25(28)22-10-12-24(30-8)18(2)20(22)14-16-27(5)6/h9-16H,1-8H3. The average Bonchev–Trinajstić information content (AvgIpc) is 2.70. The molecule has 5 nitrogen and oxygen atoms in total.